The molecule has 152 valence electrons. The van der Waals surface area contributed by atoms with Crippen LogP contribution in [0.3, 0.4) is 0 Å². The third kappa shape index (κ3) is 5.26. The van der Waals surface area contributed by atoms with Crippen molar-refractivity contribution < 1.29 is 9.59 Å². The lowest BCUT2D eigenvalue weighted by Crippen LogP contribution is -2.30. The molecule has 2 aromatic rings. The Labute approximate surface area is 176 Å². The van der Waals surface area contributed by atoms with Gasteiger partial charge in [0.25, 0.3) is 0 Å². The molecule has 1 aliphatic rings. The standard InChI is InChI=1S/C23H27N3O2S/c1-14(2)17-6-8-18(9-7-17)24-21(27)13-20-22(28)26(5)23(29-20)25-19-11-15(3)10-16(4)12-19/h6-12,14,20H,13H2,1-5H3,(H,24,27)/t20-/m1/s1. The lowest BCUT2D eigenvalue weighted by molar-refractivity contribution is -0.127. The number of nitrogens with zero attached hydrogens (tertiary/aromatic N) is 2. The molecule has 2 amide bonds. The summed E-state index contributed by atoms with van der Waals surface area (Å²) in [5, 5.41) is 3.05. The molecule has 1 aliphatic heterocycles. The van der Waals surface area contributed by atoms with Gasteiger partial charge in [0, 0.05) is 19.2 Å². The van der Waals surface area contributed by atoms with Crippen molar-refractivity contribution in [2.75, 3.05) is 12.4 Å². The lowest BCUT2D eigenvalue weighted by atomic mass is 10.0. The molecule has 1 atom stereocenters. The minimum Gasteiger partial charge on any atom is -0.326 e. The van der Waals surface area contributed by atoms with Crippen molar-refractivity contribution in [3.63, 3.8) is 0 Å². The van der Waals surface area contributed by atoms with Gasteiger partial charge in [-0.05, 0) is 60.7 Å². The van der Waals surface area contributed by atoms with Gasteiger partial charge >= 0.3 is 0 Å². The largest absolute Gasteiger partial charge is 0.326 e. The van der Waals surface area contributed by atoms with E-state index < -0.39 is 5.25 Å². The third-order valence-corrected chi connectivity index (χ3v) is 6.03. The van der Waals surface area contributed by atoms with E-state index >= 15 is 0 Å². The summed E-state index contributed by atoms with van der Waals surface area (Å²) >= 11 is 1.34. The number of amides is 2. The molecule has 1 N–H and O–H groups in total. The highest BCUT2D eigenvalue weighted by atomic mass is 32.2. The Bertz CT molecular complexity index is 931. The number of aryl methyl sites for hydroxylation is 2. The summed E-state index contributed by atoms with van der Waals surface area (Å²) < 4.78 is 0. The summed E-state index contributed by atoms with van der Waals surface area (Å²) in [5.74, 6) is 0.176. The molecule has 6 heteroatoms. The number of nitrogens with one attached hydrogen (secondary N) is 1. The number of anilines is 1. The predicted molar refractivity (Wildman–Crippen MR) is 121 cm³/mol. The quantitative estimate of drug-likeness (QED) is 0.754. The van der Waals surface area contributed by atoms with Crippen LogP contribution in [-0.2, 0) is 9.59 Å². The summed E-state index contributed by atoms with van der Waals surface area (Å²) in [6, 6.07) is 13.9. The van der Waals surface area contributed by atoms with E-state index in [0.29, 0.717) is 11.1 Å². The number of carbonyl (C=O) groups excluding carboxylic acids is 2. The van der Waals surface area contributed by atoms with Gasteiger partial charge in [0.1, 0.15) is 5.25 Å². The van der Waals surface area contributed by atoms with Crippen LogP contribution in [0.15, 0.2) is 47.5 Å². The summed E-state index contributed by atoms with van der Waals surface area (Å²) in [6.45, 7) is 8.30. The number of thioether (sulfide) groups is 1. The molecular weight excluding hydrogens is 382 g/mol. The lowest BCUT2D eigenvalue weighted by Gasteiger charge is -2.10. The van der Waals surface area contributed by atoms with E-state index in [1.807, 2.05) is 50.2 Å². The van der Waals surface area contributed by atoms with Crippen molar-refractivity contribution in [2.45, 2.75) is 45.3 Å². The zero-order valence-electron chi connectivity index (χ0n) is 17.5. The van der Waals surface area contributed by atoms with Crippen molar-refractivity contribution in [3.05, 3.63) is 59.2 Å². The van der Waals surface area contributed by atoms with Gasteiger partial charge < -0.3 is 5.32 Å². The SMILES string of the molecule is Cc1cc(C)cc(N=C2S[C@H](CC(=O)Nc3ccc(C(C)C)cc3)C(=O)N2C)c1. The van der Waals surface area contributed by atoms with Crippen LogP contribution in [0.1, 0.15) is 42.9 Å². The topological polar surface area (TPSA) is 61.8 Å². The predicted octanol–water partition coefficient (Wildman–Crippen LogP) is 5.02. The van der Waals surface area contributed by atoms with E-state index in [-0.39, 0.29) is 18.2 Å². The molecule has 0 aromatic heterocycles. The van der Waals surface area contributed by atoms with Gasteiger partial charge in [-0.15, -0.1) is 0 Å². The Kier molecular flexibility index (Phi) is 6.42. The first-order chi connectivity index (χ1) is 13.7. The van der Waals surface area contributed by atoms with Gasteiger partial charge in [-0.25, -0.2) is 4.99 Å². The van der Waals surface area contributed by atoms with Gasteiger partial charge in [0.15, 0.2) is 5.17 Å². The number of hydrogen-bond acceptors (Lipinski definition) is 4. The van der Waals surface area contributed by atoms with E-state index in [4.69, 9.17) is 0 Å². The Hall–Kier alpha value is -2.60. The fraction of sp³-hybridized carbons (Fsp3) is 0.348. The molecule has 0 aliphatic carbocycles. The molecule has 0 radical (unpaired) electrons. The van der Waals surface area contributed by atoms with E-state index in [9.17, 15) is 9.59 Å². The van der Waals surface area contributed by atoms with Crippen LogP contribution in [-0.4, -0.2) is 34.2 Å². The highest BCUT2D eigenvalue weighted by Crippen LogP contribution is 2.31. The minimum atomic E-state index is -0.459. The molecule has 5 nitrogen and oxygen atoms in total. The number of amidine groups is 1. The molecular formula is C23H27N3O2S. The average Bonchev–Trinajstić information content (AvgIpc) is 2.89. The first-order valence-corrected chi connectivity index (χ1v) is 10.6. The maximum absolute atomic E-state index is 12.6. The molecule has 29 heavy (non-hydrogen) atoms. The van der Waals surface area contributed by atoms with Crippen LogP contribution in [0.25, 0.3) is 0 Å². The van der Waals surface area contributed by atoms with Gasteiger partial charge in [0.05, 0.1) is 5.69 Å². The van der Waals surface area contributed by atoms with Gasteiger partial charge in [-0.3, -0.25) is 14.5 Å². The van der Waals surface area contributed by atoms with Gasteiger partial charge in [-0.1, -0.05) is 43.8 Å². The van der Waals surface area contributed by atoms with E-state index in [2.05, 4.69) is 30.2 Å². The van der Waals surface area contributed by atoms with Crippen LogP contribution < -0.4 is 5.32 Å². The zero-order valence-corrected chi connectivity index (χ0v) is 18.3. The summed E-state index contributed by atoms with van der Waals surface area (Å²) in [4.78, 5) is 31.2. The van der Waals surface area contributed by atoms with Crippen molar-refractivity contribution in [1.82, 2.24) is 4.90 Å². The minimum absolute atomic E-state index is 0.0940. The van der Waals surface area contributed by atoms with E-state index in [1.54, 1.807) is 7.05 Å². The number of aliphatic imine (C=N–C) groups is 1. The van der Waals surface area contributed by atoms with Crippen LogP contribution in [0.5, 0.6) is 0 Å². The molecule has 1 fully saturated rings. The average molecular weight is 410 g/mol. The first-order valence-electron chi connectivity index (χ1n) is 9.74. The Morgan fingerprint density at radius 3 is 2.34 bits per heavy atom. The third-order valence-electron chi connectivity index (χ3n) is 4.80. The Morgan fingerprint density at radius 2 is 1.76 bits per heavy atom. The van der Waals surface area contributed by atoms with Crippen LogP contribution >= 0.6 is 11.8 Å². The van der Waals surface area contributed by atoms with Crippen molar-refractivity contribution in [2.24, 2.45) is 4.99 Å². The number of hydrogen-bond donors (Lipinski definition) is 1. The van der Waals surface area contributed by atoms with Gasteiger partial charge in [0.2, 0.25) is 11.8 Å². The highest BCUT2D eigenvalue weighted by Gasteiger charge is 2.37. The van der Waals surface area contributed by atoms with Crippen LogP contribution in [0.2, 0.25) is 0 Å². The number of benzene rings is 2. The summed E-state index contributed by atoms with van der Waals surface area (Å²) in [7, 11) is 1.71. The second-order valence-electron chi connectivity index (χ2n) is 7.77. The smallest absolute Gasteiger partial charge is 0.242 e. The fourth-order valence-electron chi connectivity index (χ4n) is 3.25. The van der Waals surface area contributed by atoms with Crippen LogP contribution in [0.4, 0.5) is 11.4 Å². The molecule has 0 unspecified atom stereocenters. The molecule has 0 bridgehead atoms. The van der Waals surface area contributed by atoms with Crippen molar-refractivity contribution in [1.29, 1.82) is 0 Å². The summed E-state index contributed by atoms with van der Waals surface area (Å²) in [5.41, 5.74) is 5.03. The second kappa shape index (κ2) is 8.82. The first kappa shape index (κ1) is 21.1. The van der Waals surface area contributed by atoms with E-state index in [1.165, 1.54) is 22.2 Å². The Morgan fingerprint density at radius 1 is 1.14 bits per heavy atom. The maximum Gasteiger partial charge on any atom is 0.242 e. The summed E-state index contributed by atoms with van der Waals surface area (Å²) in [6.07, 6.45) is 0.117. The normalized spacial score (nSPS) is 18.0. The van der Waals surface area contributed by atoms with Crippen molar-refractivity contribution in [3.8, 4) is 0 Å². The number of carbonyl (C=O) groups is 2. The second-order valence-corrected chi connectivity index (χ2v) is 8.94. The zero-order chi connectivity index (χ0) is 21.1. The molecule has 1 heterocycles. The highest BCUT2D eigenvalue weighted by molar-refractivity contribution is 8.15. The number of rotatable bonds is 5. The molecule has 2 aromatic carbocycles. The van der Waals surface area contributed by atoms with Crippen LogP contribution in [0, 0.1) is 13.8 Å². The molecule has 1 saturated heterocycles. The van der Waals surface area contributed by atoms with E-state index in [0.717, 1.165) is 22.5 Å². The monoisotopic (exact) mass is 409 g/mol. The fourth-order valence-corrected chi connectivity index (χ4v) is 4.41. The molecule has 0 saturated carbocycles. The Balaban J connectivity index is 1.66. The van der Waals surface area contributed by atoms with Crippen molar-refractivity contribution >= 4 is 40.1 Å². The molecule has 0 spiro atoms. The maximum atomic E-state index is 12.6. The van der Waals surface area contributed by atoms with Gasteiger partial charge in [-0.2, -0.15) is 0 Å². The molecule has 3 rings (SSSR count).